The van der Waals surface area contributed by atoms with Gasteiger partial charge in [0.25, 0.3) is 0 Å². The lowest BCUT2D eigenvalue weighted by Crippen LogP contribution is -2.17. The van der Waals surface area contributed by atoms with Gasteiger partial charge in [-0.1, -0.05) is 47.7 Å². The second kappa shape index (κ2) is 9.90. The molecule has 1 heterocycles. The van der Waals surface area contributed by atoms with Crippen LogP contribution in [-0.4, -0.2) is 33.1 Å². The normalized spacial score (nSPS) is 12.8. The number of carbonyl (C=O) groups is 1. The van der Waals surface area contributed by atoms with Crippen molar-refractivity contribution in [3.63, 3.8) is 0 Å². The average molecular weight is 494 g/mol. The number of allylic oxidation sites excluding steroid dienone is 1. The minimum atomic E-state index is -3.86. The van der Waals surface area contributed by atoms with E-state index in [0.29, 0.717) is 27.1 Å². The zero-order valence-corrected chi connectivity index (χ0v) is 19.6. The molecular formula is C21H23N3O5S3. The second-order valence-electron chi connectivity index (χ2n) is 7.15. The maximum Gasteiger partial charge on any atom is 0.248 e. The van der Waals surface area contributed by atoms with Crippen LogP contribution in [0.15, 0.2) is 71.1 Å². The van der Waals surface area contributed by atoms with Crippen molar-refractivity contribution in [3.8, 4) is 0 Å². The van der Waals surface area contributed by atoms with Gasteiger partial charge in [-0.3, -0.25) is 4.79 Å². The van der Waals surface area contributed by atoms with Crippen molar-refractivity contribution < 1.29 is 21.6 Å². The van der Waals surface area contributed by atoms with Crippen LogP contribution in [0, 0.1) is 0 Å². The lowest BCUT2D eigenvalue weighted by molar-refractivity contribution is -0.118. The quantitative estimate of drug-likeness (QED) is 0.458. The third kappa shape index (κ3) is 6.22. The molecule has 0 aliphatic rings. The van der Waals surface area contributed by atoms with E-state index in [1.807, 2.05) is 6.07 Å². The fourth-order valence-corrected chi connectivity index (χ4v) is 6.27. The molecule has 0 fully saturated rings. The first-order valence-electron chi connectivity index (χ1n) is 9.68. The Hall–Kier alpha value is -2.60. The van der Waals surface area contributed by atoms with Gasteiger partial charge in [-0.05, 0) is 30.2 Å². The Kier molecular flexibility index (Phi) is 7.44. The molecule has 0 atom stereocenters. The molecule has 0 spiro atoms. The Labute approximate surface area is 190 Å². The number of benzene rings is 2. The lowest BCUT2D eigenvalue weighted by atomic mass is 10.2. The topological polar surface area (TPSA) is 129 Å². The largest absolute Gasteiger partial charge is 0.313 e. The number of carbonyl (C=O) groups excluding carboxylic acids is 1. The molecule has 1 amide bonds. The second-order valence-corrected chi connectivity index (χ2v) is 11.9. The van der Waals surface area contributed by atoms with Gasteiger partial charge in [0, 0.05) is 13.0 Å². The SMILES string of the molecule is C=CCn1c(=NC(=O)CCCS(=O)(=O)Cc2ccccc2)sc2cc(S(N)(=O)=O)ccc21. The predicted octanol–water partition coefficient (Wildman–Crippen LogP) is 2.36. The van der Waals surface area contributed by atoms with Gasteiger partial charge in [-0.2, -0.15) is 4.99 Å². The molecule has 0 aliphatic carbocycles. The number of hydrogen-bond acceptors (Lipinski definition) is 6. The Morgan fingerprint density at radius 3 is 2.50 bits per heavy atom. The van der Waals surface area contributed by atoms with Gasteiger partial charge >= 0.3 is 0 Å². The van der Waals surface area contributed by atoms with Gasteiger partial charge in [0.05, 0.1) is 26.6 Å². The van der Waals surface area contributed by atoms with Gasteiger partial charge in [-0.25, -0.2) is 22.0 Å². The van der Waals surface area contributed by atoms with Crippen LogP contribution in [0.5, 0.6) is 0 Å². The predicted molar refractivity (Wildman–Crippen MR) is 125 cm³/mol. The fraction of sp³-hybridized carbons (Fsp3) is 0.238. The average Bonchev–Trinajstić information content (AvgIpc) is 3.04. The van der Waals surface area contributed by atoms with E-state index in [4.69, 9.17) is 5.14 Å². The summed E-state index contributed by atoms with van der Waals surface area (Å²) < 4.78 is 50.2. The lowest BCUT2D eigenvalue weighted by Gasteiger charge is -2.04. The van der Waals surface area contributed by atoms with Crippen LogP contribution in [0.3, 0.4) is 0 Å². The van der Waals surface area contributed by atoms with E-state index in [1.54, 1.807) is 41.0 Å². The van der Waals surface area contributed by atoms with Crippen LogP contribution < -0.4 is 9.94 Å². The highest BCUT2D eigenvalue weighted by Gasteiger charge is 2.15. The zero-order valence-electron chi connectivity index (χ0n) is 17.2. The van der Waals surface area contributed by atoms with E-state index in [-0.39, 0.29) is 29.2 Å². The highest BCUT2D eigenvalue weighted by Crippen LogP contribution is 2.21. The summed E-state index contributed by atoms with van der Waals surface area (Å²) in [5.74, 6) is -0.628. The number of amides is 1. The van der Waals surface area contributed by atoms with Crippen molar-refractivity contribution in [3.05, 3.63) is 71.6 Å². The fourth-order valence-electron chi connectivity index (χ4n) is 3.13. The third-order valence-corrected chi connectivity index (χ3v) is 8.23. The van der Waals surface area contributed by atoms with Crippen molar-refractivity contribution in [1.29, 1.82) is 0 Å². The minimum absolute atomic E-state index is 0.0151. The summed E-state index contributed by atoms with van der Waals surface area (Å²) in [7, 11) is -7.20. The smallest absolute Gasteiger partial charge is 0.248 e. The summed E-state index contributed by atoms with van der Waals surface area (Å²) in [5.41, 5.74) is 1.40. The summed E-state index contributed by atoms with van der Waals surface area (Å²) in [5, 5.41) is 5.20. The zero-order chi connectivity index (χ0) is 23.4. The van der Waals surface area contributed by atoms with Crippen LogP contribution in [0.1, 0.15) is 18.4 Å². The van der Waals surface area contributed by atoms with E-state index in [1.165, 1.54) is 12.1 Å². The van der Waals surface area contributed by atoms with Crippen LogP contribution in [0.25, 0.3) is 10.2 Å². The Morgan fingerprint density at radius 1 is 1.12 bits per heavy atom. The van der Waals surface area contributed by atoms with Crippen molar-refractivity contribution in [1.82, 2.24) is 4.57 Å². The number of nitrogens with two attached hydrogens (primary N) is 1. The molecule has 0 saturated carbocycles. The minimum Gasteiger partial charge on any atom is -0.313 e. The molecular weight excluding hydrogens is 470 g/mol. The highest BCUT2D eigenvalue weighted by molar-refractivity contribution is 7.90. The van der Waals surface area contributed by atoms with E-state index in [0.717, 1.165) is 11.3 Å². The number of hydrogen-bond donors (Lipinski definition) is 1. The number of primary sulfonamides is 1. The first kappa shape index (κ1) is 24.1. The van der Waals surface area contributed by atoms with E-state index >= 15 is 0 Å². The summed E-state index contributed by atoms with van der Waals surface area (Å²) in [4.78, 5) is 16.9. The van der Waals surface area contributed by atoms with Gasteiger partial charge in [0.15, 0.2) is 14.6 Å². The standard InChI is InChI=1S/C21H23N3O5S3/c1-2-12-24-18-11-10-17(32(22,28)29)14-19(18)30-21(24)23-20(25)9-6-13-31(26,27)15-16-7-4-3-5-8-16/h2-5,7-8,10-11,14H,1,6,9,12-13,15H2,(H2,22,28,29). The number of thiazole rings is 1. The van der Waals surface area contributed by atoms with Gasteiger partial charge < -0.3 is 4.57 Å². The van der Waals surface area contributed by atoms with E-state index < -0.39 is 25.8 Å². The first-order chi connectivity index (χ1) is 15.1. The van der Waals surface area contributed by atoms with Gasteiger partial charge in [0.2, 0.25) is 15.9 Å². The molecule has 0 radical (unpaired) electrons. The summed E-state index contributed by atoms with van der Waals surface area (Å²) in [6.07, 6.45) is 1.79. The van der Waals surface area contributed by atoms with Crippen molar-refractivity contribution in [2.45, 2.75) is 30.0 Å². The maximum absolute atomic E-state index is 12.4. The van der Waals surface area contributed by atoms with Crippen LogP contribution >= 0.6 is 11.3 Å². The molecule has 1 aromatic heterocycles. The summed E-state index contributed by atoms with van der Waals surface area (Å²) in [6, 6.07) is 13.3. The molecule has 0 saturated heterocycles. The monoisotopic (exact) mass is 493 g/mol. The molecule has 2 aromatic carbocycles. The van der Waals surface area contributed by atoms with Crippen LogP contribution in [-0.2, 0) is 37.0 Å². The maximum atomic E-state index is 12.4. The number of nitrogens with zero attached hydrogens (tertiary/aromatic N) is 2. The van der Waals surface area contributed by atoms with Crippen molar-refractivity contribution in [2.75, 3.05) is 5.75 Å². The molecule has 170 valence electrons. The van der Waals surface area contributed by atoms with Gasteiger partial charge in [0.1, 0.15) is 0 Å². The van der Waals surface area contributed by atoms with Crippen LogP contribution in [0.4, 0.5) is 0 Å². The van der Waals surface area contributed by atoms with E-state index in [9.17, 15) is 21.6 Å². The Morgan fingerprint density at radius 2 is 1.84 bits per heavy atom. The molecule has 3 aromatic rings. The molecule has 8 nitrogen and oxygen atoms in total. The van der Waals surface area contributed by atoms with E-state index in [2.05, 4.69) is 11.6 Å². The number of aromatic nitrogens is 1. The number of sulfone groups is 1. The first-order valence-corrected chi connectivity index (χ1v) is 13.9. The Balaban J connectivity index is 1.76. The molecule has 32 heavy (non-hydrogen) atoms. The molecule has 3 rings (SSSR count). The molecule has 0 aliphatic heterocycles. The highest BCUT2D eigenvalue weighted by atomic mass is 32.2. The summed E-state index contributed by atoms with van der Waals surface area (Å²) >= 11 is 1.15. The molecule has 0 unspecified atom stereocenters. The number of rotatable bonds is 9. The Bertz CT molecular complexity index is 1420. The van der Waals surface area contributed by atoms with Crippen molar-refractivity contribution >= 4 is 47.3 Å². The van der Waals surface area contributed by atoms with Crippen molar-refractivity contribution in [2.24, 2.45) is 10.1 Å². The number of fused-ring (bicyclic) bond motifs is 1. The third-order valence-electron chi connectivity index (χ3n) is 4.59. The van der Waals surface area contributed by atoms with Crippen LogP contribution in [0.2, 0.25) is 0 Å². The molecule has 11 heteroatoms. The molecule has 0 bridgehead atoms. The van der Waals surface area contributed by atoms with Gasteiger partial charge in [-0.15, -0.1) is 6.58 Å². The number of sulfonamides is 1. The molecule has 2 N–H and O–H groups in total. The summed E-state index contributed by atoms with van der Waals surface area (Å²) in [6.45, 7) is 4.07.